The third-order valence-electron chi connectivity index (χ3n) is 2.71. The zero-order chi connectivity index (χ0) is 10.4. The van der Waals surface area contributed by atoms with Crippen molar-refractivity contribution >= 4 is 32.9 Å². The summed E-state index contributed by atoms with van der Waals surface area (Å²) in [5.41, 5.74) is 4.77. The Labute approximate surface area is 95.6 Å². The molecule has 0 aliphatic heterocycles. The number of aromatic nitrogens is 2. The average Bonchev–Trinajstić information content (AvgIpc) is 3.00. The maximum Gasteiger partial charge on any atom is 0.218 e. The van der Waals surface area contributed by atoms with Gasteiger partial charge in [-0.05, 0) is 40.9 Å². The molecule has 0 spiro atoms. The quantitative estimate of drug-likeness (QED) is 0.649. The third kappa shape index (κ3) is 1.34. The molecule has 0 amide bonds. The van der Waals surface area contributed by atoms with Crippen molar-refractivity contribution in [1.82, 2.24) is 9.55 Å². The summed E-state index contributed by atoms with van der Waals surface area (Å²) in [7, 11) is 0. The lowest BCUT2D eigenvalue weighted by molar-refractivity contribution is 0.770. The molecule has 3 rings (SSSR count). The van der Waals surface area contributed by atoms with Crippen LogP contribution in [-0.2, 0) is 0 Å². The summed E-state index contributed by atoms with van der Waals surface area (Å²) < 4.78 is 3.19. The molecule has 5 heteroatoms. The molecule has 1 aromatic heterocycles. The Balaban J connectivity index is 2.33. The number of hydrogen-bond donors (Lipinski definition) is 2. The van der Waals surface area contributed by atoms with E-state index in [-0.39, 0.29) is 0 Å². The highest BCUT2D eigenvalue weighted by Crippen LogP contribution is 2.40. The van der Waals surface area contributed by atoms with Gasteiger partial charge in [-0.2, -0.15) is 0 Å². The lowest BCUT2D eigenvalue weighted by atomic mass is 10.3. The Morgan fingerprint density at radius 2 is 2.27 bits per heavy atom. The first-order valence-corrected chi connectivity index (χ1v) is 5.73. The summed E-state index contributed by atoms with van der Waals surface area (Å²) >= 11 is 3.50. The van der Waals surface area contributed by atoms with Crippen LogP contribution in [0.15, 0.2) is 22.7 Å². The van der Waals surface area contributed by atoms with Gasteiger partial charge >= 0.3 is 0 Å². The van der Waals surface area contributed by atoms with Gasteiger partial charge in [-0.15, -0.1) is 0 Å². The largest absolute Gasteiger partial charge is 0.306 e. The number of rotatable bonds is 2. The van der Waals surface area contributed by atoms with E-state index in [0.717, 1.165) is 21.5 Å². The number of nitrogen functional groups attached to an aromatic ring is 1. The number of halogens is 1. The van der Waals surface area contributed by atoms with E-state index in [1.165, 1.54) is 12.8 Å². The fourth-order valence-electron chi connectivity index (χ4n) is 1.89. The van der Waals surface area contributed by atoms with Gasteiger partial charge in [0.15, 0.2) is 0 Å². The number of benzene rings is 1. The molecule has 1 saturated carbocycles. The fraction of sp³-hybridized carbons (Fsp3) is 0.300. The molecule has 1 aliphatic rings. The Morgan fingerprint density at radius 3 is 2.93 bits per heavy atom. The van der Waals surface area contributed by atoms with Gasteiger partial charge in [0.05, 0.1) is 5.52 Å². The molecule has 0 unspecified atom stereocenters. The van der Waals surface area contributed by atoms with E-state index >= 15 is 0 Å². The van der Waals surface area contributed by atoms with Gasteiger partial charge in [-0.3, -0.25) is 5.43 Å². The highest BCUT2D eigenvalue weighted by molar-refractivity contribution is 9.10. The van der Waals surface area contributed by atoms with Crippen LogP contribution < -0.4 is 11.3 Å². The van der Waals surface area contributed by atoms with Crippen molar-refractivity contribution in [2.75, 3.05) is 5.43 Å². The van der Waals surface area contributed by atoms with E-state index in [2.05, 4.69) is 37.0 Å². The summed E-state index contributed by atoms with van der Waals surface area (Å²) in [6.45, 7) is 0. The third-order valence-corrected chi connectivity index (χ3v) is 3.35. The van der Waals surface area contributed by atoms with Gasteiger partial charge in [0.2, 0.25) is 5.95 Å². The first-order valence-electron chi connectivity index (χ1n) is 4.94. The Hall–Kier alpha value is -1.07. The van der Waals surface area contributed by atoms with Crippen LogP contribution in [0.3, 0.4) is 0 Å². The fourth-order valence-corrected chi connectivity index (χ4v) is 2.33. The smallest absolute Gasteiger partial charge is 0.218 e. The highest BCUT2D eigenvalue weighted by Gasteiger charge is 2.28. The SMILES string of the molecule is NNc1nc2c(Br)cccc2n1C1CC1. The van der Waals surface area contributed by atoms with Crippen LogP contribution in [0.1, 0.15) is 18.9 Å². The van der Waals surface area contributed by atoms with E-state index in [1.54, 1.807) is 0 Å². The number of nitrogens with zero attached hydrogens (tertiary/aromatic N) is 2. The van der Waals surface area contributed by atoms with Gasteiger partial charge in [-0.1, -0.05) is 6.07 Å². The molecule has 2 aromatic rings. The number of nitrogens with two attached hydrogens (primary N) is 1. The van der Waals surface area contributed by atoms with Gasteiger partial charge in [0.1, 0.15) is 5.52 Å². The van der Waals surface area contributed by atoms with Gasteiger partial charge in [0.25, 0.3) is 0 Å². The number of hydrazine groups is 1. The number of anilines is 1. The molecule has 1 fully saturated rings. The Bertz CT molecular complexity index is 515. The topological polar surface area (TPSA) is 55.9 Å². The van der Waals surface area contributed by atoms with Crippen LogP contribution in [-0.4, -0.2) is 9.55 Å². The van der Waals surface area contributed by atoms with E-state index in [0.29, 0.717) is 6.04 Å². The second kappa shape index (κ2) is 3.21. The highest BCUT2D eigenvalue weighted by atomic mass is 79.9. The molecule has 0 radical (unpaired) electrons. The second-order valence-corrected chi connectivity index (χ2v) is 4.64. The summed E-state index contributed by atoms with van der Waals surface area (Å²) in [5.74, 6) is 6.23. The van der Waals surface area contributed by atoms with Crippen LogP contribution in [0, 0.1) is 0 Å². The zero-order valence-corrected chi connectivity index (χ0v) is 9.66. The van der Waals surface area contributed by atoms with Gasteiger partial charge in [0, 0.05) is 10.5 Å². The van der Waals surface area contributed by atoms with Crippen LogP contribution >= 0.6 is 15.9 Å². The lowest BCUT2D eigenvalue weighted by Crippen LogP contribution is -2.12. The van der Waals surface area contributed by atoms with Crippen molar-refractivity contribution in [2.24, 2.45) is 5.84 Å². The molecular formula is C10H11BrN4. The average molecular weight is 267 g/mol. The number of para-hydroxylation sites is 1. The monoisotopic (exact) mass is 266 g/mol. The molecule has 0 atom stereocenters. The van der Waals surface area contributed by atoms with Crippen molar-refractivity contribution in [3.8, 4) is 0 Å². The number of nitrogens with one attached hydrogen (secondary N) is 1. The Morgan fingerprint density at radius 1 is 1.47 bits per heavy atom. The standard InChI is InChI=1S/C10H11BrN4/c11-7-2-1-3-8-9(7)13-10(14-12)15(8)6-4-5-6/h1-3,6H,4-5,12H2,(H,13,14). The first-order chi connectivity index (χ1) is 7.31. The maximum atomic E-state index is 5.48. The number of hydrogen-bond acceptors (Lipinski definition) is 3. The summed E-state index contributed by atoms with van der Waals surface area (Å²) in [6, 6.07) is 6.65. The predicted octanol–water partition coefficient (Wildman–Crippen LogP) is 2.42. The minimum Gasteiger partial charge on any atom is -0.306 e. The van der Waals surface area contributed by atoms with Gasteiger partial charge in [-0.25, -0.2) is 10.8 Å². The molecule has 0 saturated heterocycles. The molecule has 0 bridgehead atoms. The maximum absolute atomic E-state index is 5.48. The normalized spacial score (nSPS) is 15.9. The molecule has 4 nitrogen and oxygen atoms in total. The molecule has 1 heterocycles. The van der Waals surface area contributed by atoms with Crippen molar-refractivity contribution < 1.29 is 0 Å². The second-order valence-electron chi connectivity index (χ2n) is 3.79. The lowest BCUT2D eigenvalue weighted by Gasteiger charge is -2.05. The van der Waals surface area contributed by atoms with Gasteiger partial charge < -0.3 is 4.57 Å². The van der Waals surface area contributed by atoms with E-state index in [1.807, 2.05) is 12.1 Å². The minimum atomic E-state index is 0.565. The molecule has 3 N–H and O–H groups in total. The van der Waals surface area contributed by atoms with Crippen LogP contribution in [0.4, 0.5) is 5.95 Å². The summed E-state index contributed by atoms with van der Waals surface area (Å²) in [5, 5.41) is 0. The Kier molecular flexibility index (Phi) is 1.97. The number of fused-ring (bicyclic) bond motifs is 1. The number of imidazole rings is 1. The van der Waals surface area contributed by atoms with Crippen molar-refractivity contribution in [1.29, 1.82) is 0 Å². The zero-order valence-electron chi connectivity index (χ0n) is 8.07. The van der Waals surface area contributed by atoms with E-state index < -0.39 is 0 Å². The molecule has 1 aromatic carbocycles. The van der Waals surface area contributed by atoms with Crippen LogP contribution in [0.5, 0.6) is 0 Å². The van der Waals surface area contributed by atoms with Crippen molar-refractivity contribution in [3.63, 3.8) is 0 Å². The molecule has 1 aliphatic carbocycles. The first kappa shape index (κ1) is 9.18. The predicted molar refractivity (Wildman–Crippen MR) is 63.5 cm³/mol. The molecular weight excluding hydrogens is 256 g/mol. The van der Waals surface area contributed by atoms with E-state index in [4.69, 9.17) is 5.84 Å². The summed E-state index contributed by atoms with van der Waals surface area (Å²) in [4.78, 5) is 4.47. The van der Waals surface area contributed by atoms with Crippen molar-refractivity contribution in [3.05, 3.63) is 22.7 Å². The van der Waals surface area contributed by atoms with Crippen LogP contribution in [0.2, 0.25) is 0 Å². The molecule has 78 valence electrons. The minimum absolute atomic E-state index is 0.565. The van der Waals surface area contributed by atoms with Crippen LogP contribution in [0.25, 0.3) is 11.0 Å². The van der Waals surface area contributed by atoms with Crippen molar-refractivity contribution in [2.45, 2.75) is 18.9 Å². The van der Waals surface area contributed by atoms with E-state index in [9.17, 15) is 0 Å². The molecule has 15 heavy (non-hydrogen) atoms. The summed E-state index contributed by atoms with van der Waals surface area (Å²) in [6.07, 6.45) is 2.43.